The van der Waals surface area contributed by atoms with E-state index in [4.69, 9.17) is 15.6 Å². The molecule has 0 radical (unpaired) electrons. The number of aliphatic hydroxyl groups excluding tert-OH is 1. The summed E-state index contributed by atoms with van der Waals surface area (Å²) in [6, 6.07) is 7.52. The normalized spacial score (nSPS) is 15.7. The van der Waals surface area contributed by atoms with Crippen LogP contribution in [-0.2, 0) is 11.3 Å². The van der Waals surface area contributed by atoms with Crippen molar-refractivity contribution in [2.45, 2.75) is 6.54 Å². The lowest BCUT2D eigenvalue weighted by molar-refractivity contribution is 0.0627. The second-order valence-corrected chi connectivity index (χ2v) is 5.50. The third-order valence-electron chi connectivity index (χ3n) is 3.86. The summed E-state index contributed by atoms with van der Waals surface area (Å²) in [7, 11) is 0. The number of anilines is 1. The van der Waals surface area contributed by atoms with Crippen molar-refractivity contribution in [3.63, 3.8) is 0 Å². The van der Waals surface area contributed by atoms with Crippen LogP contribution in [0.2, 0.25) is 0 Å². The number of hydrogen-bond donors (Lipinski definition) is 3. The lowest BCUT2D eigenvalue weighted by Gasteiger charge is -2.34. The highest BCUT2D eigenvalue weighted by Crippen LogP contribution is 2.12. The van der Waals surface area contributed by atoms with Crippen LogP contribution in [0.15, 0.2) is 24.3 Å². The van der Waals surface area contributed by atoms with Gasteiger partial charge in [0.2, 0.25) is 0 Å². The number of carbonyl (C=O) groups is 1. The molecule has 0 aliphatic carbocycles. The average Bonchev–Trinajstić information content (AvgIpc) is 2.59. The molecular formula is C16H26N4O3. The fourth-order valence-electron chi connectivity index (χ4n) is 2.51. The van der Waals surface area contributed by atoms with E-state index in [-0.39, 0.29) is 12.6 Å². The smallest absolute Gasteiger partial charge is 0.321 e. The average molecular weight is 322 g/mol. The topological polar surface area (TPSA) is 91.1 Å². The van der Waals surface area contributed by atoms with Crippen LogP contribution in [0, 0.1) is 0 Å². The van der Waals surface area contributed by atoms with Crippen LogP contribution >= 0.6 is 0 Å². The minimum absolute atomic E-state index is 0.0549. The van der Waals surface area contributed by atoms with Gasteiger partial charge in [0, 0.05) is 45.0 Å². The van der Waals surface area contributed by atoms with Crippen LogP contribution in [0.25, 0.3) is 0 Å². The van der Waals surface area contributed by atoms with Crippen molar-refractivity contribution < 1.29 is 14.6 Å². The summed E-state index contributed by atoms with van der Waals surface area (Å²) in [5, 5.41) is 11.6. The summed E-state index contributed by atoms with van der Waals surface area (Å²) < 4.78 is 5.27. The highest BCUT2D eigenvalue weighted by atomic mass is 16.5. The van der Waals surface area contributed by atoms with E-state index in [0.717, 1.165) is 30.9 Å². The quantitative estimate of drug-likeness (QED) is 0.628. The summed E-state index contributed by atoms with van der Waals surface area (Å²) >= 11 is 0. The first-order valence-electron chi connectivity index (χ1n) is 7.99. The van der Waals surface area contributed by atoms with Crippen molar-refractivity contribution in [1.29, 1.82) is 0 Å². The van der Waals surface area contributed by atoms with Crippen LogP contribution in [-0.4, -0.2) is 73.5 Å². The minimum Gasteiger partial charge on any atom is -0.394 e. The van der Waals surface area contributed by atoms with Crippen LogP contribution in [0.4, 0.5) is 10.5 Å². The number of nitrogens with one attached hydrogen (secondary N) is 1. The van der Waals surface area contributed by atoms with Crippen molar-refractivity contribution in [3.05, 3.63) is 29.8 Å². The molecule has 0 spiro atoms. The molecule has 1 saturated heterocycles. The van der Waals surface area contributed by atoms with Gasteiger partial charge in [-0.2, -0.15) is 0 Å². The lowest BCUT2D eigenvalue weighted by Crippen LogP contribution is -2.50. The highest BCUT2D eigenvalue weighted by Gasteiger charge is 2.20. The molecule has 0 unspecified atom stereocenters. The van der Waals surface area contributed by atoms with Gasteiger partial charge in [0.1, 0.15) is 0 Å². The van der Waals surface area contributed by atoms with Crippen LogP contribution in [0.3, 0.4) is 0 Å². The monoisotopic (exact) mass is 322 g/mol. The van der Waals surface area contributed by atoms with Crippen LogP contribution in [0.1, 0.15) is 5.56 Å². The molecule has 1 aliphatic rings. The largest absolute Gasteiger partial charge is 0.394 e. The number of ether oxygens (including phenoxy) is 1. The molecule has 1 fully saturated rings. The van der Waals surface area contributed by atoms with E-state index >= 15 is 0 Å². The molecule has 2 amide bonds. The molecule has 2 rings (SSSR count). The maximum absolute atomic E-state index is 12.3. The van der Waals surface area contributed by atoms with E-state index in [1.165, 1.54) is 0 Å². The molecule has 0 saturated carbocycles. The van der Waals surface area contributed by atoms with E-state index in [1.54, 1.807) is 0 Å². The Morgan fingerprint density at radius 1 is 1.26 bits per heavy atom. The predicted octanol–water partition coefficient (Wildman–Crippen LogP) is 0.304. The standard InChI is InChI=1S/C16H26N4O3/c17-13-14-2-1-3-15(12-14)18-16(22)20-6-4-19(5-7-20)8-10-23-11-9-21/h1-3,12,21H,4-11,13,17H2,(H,18,22). The number of nitrogens with zero attached hydrogens (tertiary/aromatic N) is 2. The zero-order valence-electron chi connectivity index (χ0n) is 13.4. The van der Waals surface area contributed by atoms with E-state index in [9.17, 15) is 4.79 Å². The first-order valence-corrected chi connectivity index (χ1v) is 7.99. The van der Waals surface area contributed by atoms with Gasteiger partial charge in [-0.05, 0) is 17.7 Å². The molecule has 128 valence electrons. The zero-order valence-corrected chi connectivity index (χ0v) is 13.4. The maximum atomic E-state index is 12.3. The minimum atomic E-state index is -0.0737. The van der Waals surface area contributed by atoms with Crippen molar-refractivity contribution in [2.75, 3.05) is 57.9 Å². The van der Waals surface area contributed by atoms with Gasteiger partial charge in [0.15, 0.2) is 0 Å². The Hall–Kier alpha value is -1.67. The molecule has 1 aromatic carbocycles. The molecule has 23 heavy (non-hydrogen) atoms. The number of benzene rings is 1. The van der Waals surface area contributed by atoms with E-state index in [2.05, 4.69) is 10.2 Å². The molecule has 7 nitrogen and oxygen atoms in total. The second kappa shape index (κ2) is 9.46. The number of urea groups is 1. The number of piperazine rings is 1. The summed E-state index contributed by atoms with van der Waals surface area (Å²) in [5.41, 5.74) is 7.39. The molecule has 0 atom stereocenters. The van der Waals surface area contributed by atoms with Crippen LogP contribution in [0.5, 0.6) is 0 Å². The molecular weight excluding hydrogens is 296 g/mol. The van der Waals surface area contributed by atoms with Crippen molar-refractivity contribution in [1.82, 2.24) is 9.80 Å². The Kier molecular flexibility index (Phi) is 7.28. The van der Waals surface area contributed by atoms with Gasteiger partial charge in [-0.1, -0.05) is 12.1 Å². The second-order valence-electron chi connectivity index (χ2n) is 5.50. The number of aliphatic hydroxyl groups is 1. The maximum Gasteiger partial charge on any atom is 0.321 e. The van der Waals surface area contributed by atoms with E-state index in [1.807, 2.05) is 29.2 Å². The van der Waals surface area contributed by atoms with Gasteiger partial charge in [-0.3, -0.25) is 4.90 Å². The predicted molar refractivity (Wildman–Crippen MR) is 89.3 cm³/mol. The first-order chi connectivity index (χ1) is 11.2. The number of amides is 2. The van der Waals surface area contributed by atoms with Gasteiger partial charge >= 0.3 is 6.03 Å². The van der Waals surface area contributed by atoms with Gasteiger partial charge < -0.3 is 25.8 Å². The molecule has 0 bridgehead atoms. The molecule has 0 aromatic heterocycles. The summed E-state index contributed by atoms with van der Waals surface area (Å²) in [5.74, 6) is 0. The summed E-state index contributed by atoms with van der Waals surface area (Å²) in [6.45, 7) is 5.39. The third kappa shape index (κ3) is 5.80. The lowest BCUT2D eigenvalue weighted by atomic mass is 10.2. The Balaban J connectivity index is 1.72. The Morgan fingerprint density at radius 2 is 2.04 bits per heavy atom. The summed E-state index contributed by atoms with van der Waals surface area (Å²) in [6.07, 6.45) is 0. The molecule has 1 aromatic rings. The van der Waals surface area contributed by atoms with Gasteiger partial charge in [0.05, 0.1) is 19.8 Å². The van der Waals surface area contributed by atoms with Crippen LogP contribution < -0.4 is 11.1 Å². The number of rotatable bonds is 7. The van der Waals surface area contributed by atoms with Crippen molar-refractivity contribution >= 4 is 11.7 Å². The fraction of sp³-hybridized carbons (Fsp3) is 0.562. The first kappa shape index (κ1) is 17.7. The Labute approximate surface area is 137 Å². The van der Waals surface area contributed by atoms with Gasteiger partial charge in [-0.15, -0.1) is 0 Å². The van der Waals surface area contributed by atoms with Crippen molar-refractivity contribution in [3.8, 4) is 0 Å². The summed E-state index contributed by atoms with van der Waals surface area (Å²) in [4.78, 5) is 16.4. The zero-order chi connectivity index (χ0) is 16.5. The number of carbonyl (C=O) groups excluding carboxylic acids is 1. The SMILES string of the molecule is NCc1cccc(NC(=O)N2CCN(CCOCCO)CC2)c1. The fourth-order valence-corrected chi connectivity index (χ4v) is 2.51. The van der Waals surface area contributed by atoms with Gasteiger partial charge in [0.25, 0.3) is 0 Å². The Bertz CT molecular complexity index is 490. The molecule has 1 heterocycles. The molecule has 1 aliphatic heterocycles. The molecule has 7 heteroatoms. The number of nitrogens with two attached hydrogens (primary N) is 1. The third-order valence-corrected chi connectivity index (χ3v) is 3.86. The Morgan fingerprint density at radius 3 is 2.74 bits per heavy atom. The van der Waals surface area contributed by atoms with Gasteiger partial charge in [-0.25, -0.2) is 4.79 Å². The molecule has 4 N–H and O–H groups in total. The van der Waals surface area contributed by atoms with E-state index < -0.39 is 0 Å². The van der Waals surface area contributed by atoms with E-state index in [0.29, 0.717) is 32.8 Å². The van der Waals surface area contributed by atoms with Crippen molar-refractivity contribution in [2.24, 2.45) is 5.73 Å². The number of hydrogen-bond acceptors (Lipinski definition) is 5. The highest BCUT2D eigenvalue weighted by molar-refractivity contribution is 5.89.